The zero-order valence-corrected chi connectivity index (χ0v) is 13.8. The lowest BCUT2D eigenvalue weighted by Gasteiger charge is -2.23. The molecule has 0 aliphatic heterocycles. The maximum absolute atomic E-state index is 12.4. The zero-order chi connectivity index (χ0) is 15.8. The van der Waals surface area contributed by atoms with Crippen molar-refractivity contribution in [3.63, 3.8) is 0 Å². The predicted octanol–water partition coefficient (Wildman–Crippen LogP) is 2.23. The predicted molar refractivity (Wildman–Crippen MR) is 83.0 cm³/mol. The van der Waals surface area contributed by atoms with E-state index < -0.39 is 6.10 Å². The average molecular weight is 358 g/mol. The second kappa shape index (κ2) is 8.79. The smallest absolute Gasteiger partial charge is 0.307 e. The number of hydrogen-bond donors (Lipinski definition) is 1. The molecule has 116 valence electrons. The lowest BCUT2D eigenvalue weighted by molar-refractivity contribution is -0.143. The highest BCUT2D eigenvalue weighted by molar-refractivity contribution is 9.10. The van der Waals surface area contributed by atoms with Crippen molar-refractivity contribution >= 4 is 27.8 Å². The largest absolute Gasteiger partial charge is 0.466 e. The maximum Gasteiger partial charge on any atom is 0.307 e. The van der Waals surface area contributed by atoms with Crippen LogP contribution < -0.4 is 0 Å². The minimum atomic E-state index is -0.661. The van der Waals surface area contributed by atoms with Crippen LogP contribution in [0.15, 0.2) is 28.7 Å². The lowest BCUT2D eigenvalue weighted by Crippen LogP contribution is -2.38. The minimum Gasteiger partial charge on any atom is -0.466 e. The van der Waals surface area contributed by atoms with Gasteiger partial charge in [-0.25, -0.2) is 0 Å². The van der Waals surface area contributed by atoms with Crippen molar-refractivity contribution < 1.29 is 19.4 Å². The van der Waals surface area contributed by atoms with Crippen molar-refractivity contribution in [2.75, 3.05) is 19.7 Å². The summed E-state index contributed by atoms with van der Waals surface area (Å²) in [7, 11) is 0. The quantitative estimate of drug-likeness (QED) is 0.759. The van der Waals surface area contributed by atoms with Gasteiger partial charge in [-0.2, -0.15) is 0 Å². The Balaban J connectivity index is 2.74. The summed E-state index contributed by atoms with van der Waals surface area (Å²) in [6.07, 6.45) is -0.547. The summed E-state index contributed by atoms with van der Waals surface area (Å²) in [5.74, 6) is -0.565. The van der Waals surface area contributed by atoms with Crippen LogP contribution in [0.2, 0.25) is 0 Å². The summed E-state index contributed by atoms with van der Waals surface area (Å²) in [5.41, 5.74) is 0.516. The molecular weight excluding hydrogens is 338 g/mol. The molecular formula is C15H20BrNO4. The molecule has 1 aromatic carbocycles. The molecule has 1 atom stereocenters. The van der Waals surface area contributed by atoms with E-state index in [4.69, 9.17) is 4.74 Å². The van der Waals surface area contributed by atoms with Crippen molar-refractivity contribution in [3.8, 4) is 0 Å². The van der Waals surface area contributed by atoms with E-state index in [-0.39, 0.29) is 31.4 Å². The van der Waals surface area contributed by atoms with E-state index in [1.165, 1.54) is 4.90 Å². The Morgan fingerprint density at radius 1 is 1.33 bits per heavy atom. The van der Waals surface area contributed by atoms with Crippen molar-refractivity contribution in [2.24, 2.45) is 0 Å². The van der Waals surface area contributed by atoms with Gasteiger partial charge in [0.1, 0.15) is 0 Å². The molecule has 0 bridgehead atoms. The second-order valence-corrected chi connectivity index (χ2v) is 5.58. The van der Waals surface area contributed by atoms with Crippen LogP contribution in [0.4, 0.5) is 0 Å². The lowest BCUT2D eigenvalue weighted by atomic mass is 10.2. The fourth-order valence-electron chi connectivity index (χ4n) is 1.83. The van der Waals surface area contributed by atoms with E-state index in [9.17, 15) is 14.7 Å². The van der Waals surface area contributed by atoms with Crippen LogP contribution in [-0.4, -0.2) is 47.7 Å². The topological polar surface area (TPSA) is 66.8 Å². The molecule has 21 heavy (non-hydrogen) atoms. The Hall–Kier alpha value is -1.40. The standard InChI is InChI=1S/C15H20BrNO4/c1-3-21-14(19)8-9-17(10-11(2)18)15(20)12-4-6-13(16)7-5-12/h4-7,11,18H,3,8-10H2,1-2H3. The monoisotopic (exact) mass is 357 g/mol. The molecule has 1 amide bonds. The van der Waals surface area contributed by atoms with Crippen LogP contribution in [0.25, 0.3) is 0 Å². The van der Waals surface area contributed by atoms with Crippen molar-refractivity contribution in [3.05, 3.63) is 34.3 Å². The molecule has 0 aromatic heterocycles. The second-order valence-electron chi connectivity index (χ2n) is 4.66. The van der Waals surface area contributed by atoms with Gasteiger partial charge < -0.3 is 14.7 Å². The van der Waals surface area contributed by atoms with E-state index >= 15 is 0 Å². The molecule has 0 aliphatic rings. The van der Waals surface area contributed by atoms with E-state index in [2.05, 4.69) is 15.9 Å². The molecule has 1 rings (SSSR count). The molecule has 5 nitrogen and oxygen atoms in total. The van der Waals surface area contributed by atoms with Crippen LogP contribution >= 0.6 is 15.9 Å². The normalized spacial score (nSPS) is 11.8. The van der Waals surface area contributed by atoms with Gasteiger partial charge in [0.05, 0.1) is 19.1 Å². The molecule has 0 saturated heterocycles. The Bertz CT molecular complexity index is 473. The third-order valence-electron chi connectivity index (χ3n) is 2.75. The number of rotatable bonds is 7. The summed E-state index contributed by atoms with van der Waals surface area (Å²) in [6, 6.07) is 6.95. The first-order chi connectivity index (χ1) is 9.93. The third kappa shape index (κ3) is 6.27. The Labute approximate surface area is 133 Å². The van der Waals surface area contributed by atoms with E-state index in [0.29, 0.717) is 12.2 Å². The summed E-state index contributed by atoms with van der Waals surface area (Å²) >= 11 is 3.31. The van der Waals surface area contributed by atoms with Gasteiger partial charge >= 0.3 is 5.97 Å². The fourth-order valence-corrected chi connectivity index (χ4v) is 2.09. The number of carbonyl (C=O) groups is 2. The van der Waals surface area contributed by atoms with Gasteiger partial charge in [0, 0.05) is 23.1 Å². The van der Waals surface area contributed by atoms with E-state index in [1.807, 2.05) is 0 Å². The van der Waals surface area contributed by atoms with E-state index in [0.717, 1.165) is 4.47 Å². The number of aliphatic hydroxyl groups is 1. The number of carbonyl (C=O) groups excluding carboxylic acids is 2. The molecule has 0 fully saturated rings. The number of aliphatic hydroxyl groups excluding tert-OH is 1. The van der Waals surface area contributed by atoms with Gasteiger partial charge in [-0.05, 0) is 38.1 Å². The molecule has 0 heterocycles. The fraction of sp³-hybridized carbons (Fsp3) is 0.467. The summed E-state index contributed by atoms with van der Waals surface area (Å²) in [4.78, 5) is 25.3. The van der Waals surface area contributed by atoms with Gasteiger partial charge in [0.25, 0.3) is 5.91 Å². The van der Waals surface area contributed by atoms with Crippen LogP contribution in [0.5, 0.6) is 0 Å². The number of amides is 1. The van der Waals surface area contributed by atoms with Crippen LogP contribution in [-0.2, 0) is 9.53 Å². The minimum absolute atomic E-state index is 0.114. The Morgan fingerprint density at radius 2 is 1.95 bits per heavy atom. The van der Waals surface area contributed by atoms with Gasteiger partial charge in [-0.1, -0.05) is 15.9 Å². The molecule has 0 saturated carbocycles. The number of hydrogen-bond acceptors (Lipinski definition) is 4. The highest BCUT2D eigenvalue weighted by atomic mass is 79.9. The first kappa shape index (κ1) is 17.7. The molecule has 1 aromatic rings. The molecule has 1 N–H and O–H groups in total. The summed E-state index contributed by atoms with van der Waals surface area (Å²) in [5, 5.41) is 9.51. The molecule has 0 spiro atoms. The molecule has 0 aliphatic carbocycles. The number of nitrogens with zero attached hydrogens (tertiary/aromatic N) is 1. The highest BCUT2D eigenvalue weighted by Crippen LogP contribution is 2.13. The van der Waals surface area contributed by atoms with Crippen molar-refractivity contribution in [1.82, 2.24) is 4.90 Å². The number of halogens is 1. The van der Waals surface area contributed by atoms with Gasteiger partial charge in [0.15, 0.2) is 0 Å². The van der Waals surface area contributed by atoms with Crippen LogP contribution in [0.3, 0.4) is 0 Å². The third-order valence-corrected chi connectivity index (χ3v) is 3.28. The first-order valence-corrected chi connectivity index (χ1v) is 7.61. The molecule has 1 unspecified atom stereocenters. The van der Waals surface area contributed by atoms with Crippen LogP contribution in [0.1, 0.15) is 30.6 Å². The summed E-state index contributed by atoms with van der Waals surface area (Å²) in [6.45, 7) is 4.05. The average Bonchev–Trinajstić information content (AvgIpc) is 2.43. The van der Waals surface area contributed by atoms with Gasteiger partial charge in [0.2, 0.25) is 0 Å². The first-order valence-electron chi connectivity index (χ1n) is 6.82. The Morgan fingerprint density at radius 3 is 2.48 bits per heavy atom. The number of ether oxygens (including phenoxy) is 1. The highest BCUT2D eigenvalue weighted by Gasteiger charge is 2.18. The van der Waals surface area contributed by atoms with Gasteiger partial charge in [-0.3, -0.25) is 9.59 Å². The molecule has 6 heteroatoms. The SMILES string of the molecule is CCOC(=O)CCN(CC(C)O)C(=O)c1ccc(Br)cc1. The summed E-state index contributed by atoms with van der Waals surface area (Å²) < 4.78 is 5.73. The number of esters is 1. The molecule has 0 radical (unpaired) electrons. The Kier molecular flexibility index (Phi) is 7.39. The number of benzene rings is 1. The van der Waals surface area contributed by atoms with Crippen LogP contribution in [0, 0.1) is 0 Å². The van der Waals surface area contributed by atoms with Crippen molar-refractivity contribution in [1.29, 1.82) is 0 Å². The van der Waals surface area contributed by atoms with Gasteiger partial charge in [-0.15, -0.1) is 0 Å². The zero-order valence-electron chi connectivity index (χ0n) is 12.2. The van der Waals surface area contributed by atoms with Crippen molar-refractivity contribution in [2.45, 2.75) is 26.4 Å². The maximum atomic E-state index is 12.4. The van der Waals surface area contributed by atoms with E-state index in [1.54, 1.807) is 38.1 Å².